The lowest BCUT2D eigenvalue weighted by Gasteiger charge is -1.97. The number of rotatable bonds is 6. The minimum absolute atomic E-state index is 0.168. The van der Waals surface area contributed by atoms with Crippen molar-refractivity contribution in [1.82, 2.24) is 0 Å². The van der Waals surface area contributed by atoms with Gasteiger partial charge in [0.1, 0.15) is 0 Å². The van der Waals surface area contributed by atoms with E-state index < -0.39 is 0 Å². The van der Waals surface area contributed by atoms with E-state index in [0.717, 1.165) is 19.3 Å². The van der Waals surface area contributed by atoms with Crippen LogP contribution in [0.1, 0.15) is 39.5 Å². The molecule has 0 rings (SSSR count). The summed E-state index contributed by atoms with van der Waals surface area (Å²) in [6.07, 6.45) is 3.49. The summed E-state index contributed by atoms with van der Waals surface area (Å²) in [7, 11) is 0. The zero-order chi connectivity index (χ0) is 11.2. The first-order chi connectivity index (χ1) is 6.68. The monoisotopic (exact) mass is 206 g/mol. The number of esters is 1. The number of ether oxygens (including phenoxy) is 1. The molecule has 0 saturated carbocycles. The highest BCUT2D eigenvalue weighted by atomic mass is 16.5. The van der Waals surface area contributed by atoms with Crippen LogP contribution in [0.2, 0.25) is 0 Å². The van der Waals surface area contributed by atoms with Crippen LogP contribution >= 0.6 is 0 Å². The maximum atomic E-state index is 10.1. The van der Waals surface area contributed by atoms with Crippen LogP contribution in [0.15, 0.2) is 0 Å². The average molecular weight is 206 g/mol. The largest absolute Gasteiger partial charge is 0.466 e. The summed E-state index contributed by atoms with van der Waals surface area (Å²) < 4.78 is 4.59. The highest BCUT2D eigenvalue weighted by Gasteiger charge is 1.90. The van der Waals surface area contributed by atoms with Crippen molar-refractivity contribution in [2.24, 2.45) is 0 Å². The Morgan fingerprint density at radius 2 is 1.71 bits per heavy atom. The minimum Gasteiger partial charge on any atom is -0.466 e. The van der Waals surface area contributed by atoms with Crippen LogP contribution in [0.5, 0.6) is 0 Å². The van der Waals surface area contributed by atoms with Gasteiger partial charge in [-0.05, 0) is 19.3 Å². The van der Waals surface area contributed by atoms with Crippen molar-refractivity contribution in [3.8, 4) is 0 Å². The summed E-state index contributed by atoms with van der Waals surface area (Å²) in [5.74, 6) is -0.257. The Balaban J connectivity index is 0. The molecule has 0 spiro atoms. The number of hydrogen-bond acceptors (Lipinski definition) is 4. The lowest BCUT2D eigenvalue weighted by atomic mass is 10.3. The molecule has 86 valence electrons. The third kappa shape index (κ3) is 22.5. The molecule has 0 aromatic carbocycles. The number of hydrogen-bond donors (Lipinski definition) is 2. The SMILES string of the molecule is CC(=O)OCCCCO.CCCCO. The van der Waals surface area contributed by atoms with Crippen molar-refractivity contribution in [2.45, 2.75) is 39.5 Å². The lowest BCUT2D eigenvalue weighted by molar-refractivity contribution is -0.141. The predicted octanol–water partition coefficient (Wildman–Crippen LogP) is 1.10. The molecule has 0 saturated heterocycles. The van der Waals surface area contributed by atoms with Gasteiger partial charge in [-0.3, -0.25) is 4.79 Å². The first-order valence-electron chi connectivity index (χ1n) is 5.04. The number of aliphatic hydroxyl groups excluding tert-OH is 2. The van der Waals surface area contributed by atoms with Crippen molar-refractivity contribution in [1.29, 1.82) is 0 Å². The van der Waals surface area contributed by atoms with Crippen LogP contribution in [0, 0.1) is 0 Å². The molecule has 0 bridgehead atoms. The van der Waals surface area contributed by atoms with Crippen LogP contribution < -0.4 is 0 Å². The summed E-state index contributed by atoms with van der Waals surface area (Å²) in [6, 6.07) is 0. The van der Waals surface area contributed by atoms with E-state index in [1.54, 1.807) is 0 Å². The van der Waals surface area contributed by atoms with Gasteiger partial charge in [-0.1, -0.05) is 13.3 Å². The number of unbranched alkanes of at least 4 members (excludes halogenated alkanes) is 2. The van der Waals surface area contributed by atoms with Gasteiger partial charge in [-0.25, -0.2) is 0 Å². The summed E-state index contributed by atoms with van der Waals surface area (Å²) in [5, 5.41) is 16.4. The Morgan fingerprint density at radius 3 is 2.00 bits per heavy atom. The van der Waals surface area contributed by atoms with Gasteiger partial charge in [0.15, 0.2) is 0 Å². The number of aliphatic hydroxyl groups is 2. The van der Waals surface area contributed by atoms with Gasteiger partial charge in [0, 0.05) is 20.1 Å². The van der Waals surface area contributed by atoms with E-state index in [1.165, 1.54) is 6.92 Å². The zero-order valence-corrected chi connectivity index (χ0v) is 9.16. The summed E-state index contributed by atoms with van der Waals surface area (Å²) in [4.78, 5) is 10.1. The quantitative estimate of drug-likeness (QED) is 0.504. The molecular weight excluding hydrogens is 184 g/mol. The molecule has 0 aliphatic rings. The second-order valence-electron chi connectivity index (χ2n) is 2.85. The minimum atomic E-state index is -0.257. The van der Waals surface area contributed by atoms with Gasteiger partial charge in [-0.2, -0.15) is 0 Å². The van der Waals surface area contributed by atoms with Crippen LogP contribution in [0.25, 0.3) is 0 Å². The summed E-state index contributed by atoms with van der Waals surface area (Å²) in [6.45, 7) is 4.36. The third-order valence-corrected chi connectivity index (χ3v) is 1.37. The lowest BCUT2D eigenvalue weighted by Crippen LogP contribution is -2.00. The normalized spacial score (nSPS) is 8.86. The van der Waals surface area contributed by atoms with E-state index >= 15 is 0 Å². The van der Waals surface area contributed by atoms with Crippen LogP contribution in [-0.2, 0) is 9.53 Å². The van der Waals surface area contributed by atoms with E-state index in [2.05, 4.69) is 11.7 Å². The molecule has 0 aromatic rings. The number of carbonyl (C=O) groups excluding carboxylic acids is 1. The van der Waals surface area contributed by atoms with E-state index in [0.29, 0.717) is 19.6 Å². The van der Waals surface area contributed by atoms with Gasteiger partial charge >= 0.3 is 5.97 Å². The fourth-order valence-corrected chi connectivity index (χ4v) is 0.588. The van der Waals surface area contributed by atoms with E-state index in [1.807, 2.05) is 0 Å². The van der Waals surface area contributed by atoms with Gasteiger partial charge < -0.3 is 14.9 Å². The first kappa shape index (κ1) is 15.8. The van der Waals surface area contributed by atoms with Gasteiger partial charge in [0.2, 0.25) is 0 Å². The van der Waals surface area contributed by atoms with Crippen molar-refractivity contribution >= 4 is 5.97 Å². The van der Waals surface area contributed by atoms with Crippen molar-refractivity contribution < 1.29 is 19.7 Å². The van der Waals surface area contributed by atoms with Crippen molar-refractivity contribution in [3.63, 3.8) is 0 Å². The van der Waals surface area contributed by atoms with Crippen LogP contribution in [0.4, 0.5) is 0 Å². The second kappa shape index (κ2) is 14.9. The van der Waals surface area contributed by atoms with Gasteiger partial charge in [0.25, 0.3) is 0 Å². The molecule has 4 heteroatoms. The fourth-order valence-electron chi connectivity index (χ4n) is 0.588. The molecule has 0 unspecified atom stereocenters. The molecule has 0 aliphatic carbocycles. The van der Waals surface area contributed by atoms with Gasteiger partial charge in [0.05, 0.1) is 6.61 Å². The second-order valence-corrected chi connectivity index (χ2v) is 2.85. The molecule has 0 atom stereocenters. The van der Waals surface area contributed by atoms with Crippen molar-refractivity contribution in [3.05, 3.63) is 0 Å². The zero-order valence-electron chi connectivity index (χ0n) is 9.16. The Morgan fingerprint density at radius 1 is 1.14 bits per heavy atom. The molecule has 0 heterocycles. The van der Waals surface area contributed by atoms with E-state index in [9.17, 15) is 4.79 Å². The average Bonchev–Trinajstić information content (AvgIpc) is 2.15. The first-order valence-corrected chi connectivity index (χ1v) is 5.04. The standard InChI is InChI=1S/C6H12O3.C4H10O/c1-6(8)9-5-3-2-4-7;1-2-3-4-5/h7H,2-5H2,1H3;5H,2-4H2,1H3. The molecule has 0 radical (unpaired) electrons. The molecule has 2 N–H and O–H groups in total. The molecule has 0 fully saturated rings. The van der Waals surface area contributed by atoms with E-state index in [-0.39, 0.29) is 12.6 Å². The van der Waals surface area contributed by atoms with Crippen molar-refractivity contribution in [2.75, 3.05) is 19.8 Å². The summed E-state index contributed by atoms with van der Waals surface area (Å²) in [5.41, 5.74) is 0. The Hall–Kier alpha value is -0.610. The molecule has 4 nitrogen and oxygen atoms in total. The Kier molecular flexibility index (Phi) is 16.9. The van der Waals surface area contributed by atoms with Gasteiger partial charge in [-0.15, -0.1) is 0 Å². The topological polar surface area (TPSA) is 66.8 Å². The van der Waals surface area contributed by atoms with E-state index in [4.69, 9.17) is 10.2 Å². The molecular formula is C10H22O4. The molecule has 0 aliphatic heterocycles. The number of carbonyl (C=O) groups is 1. The fraction of sp³-hybridized carbons (Fsp3) is 0.900. The van der Waals surface area contributed by atoms with Crippen LogP contribution in [0.3, 0.4) is 0 Å². The third-order valence-electron chi connectivity index (χ3n) is 1.37. The molecule has 14 heavy (non-hydrogen) atoms. The Labute approximate surface area is 85.9 Å². The summed E-state index contributed by atoms with van der Waals surface area (Å²) >= 11 is 0. The Bertz CT molecular complexity index is 113. The highest BCUT2D eigenvalue weighted by Crippen LogP contribution is 1.87. The predicted molar refractivity (Wildman–Crippen MR) is 54.9 cm³/mol. The van der Waals surface area contributed by atoms with Crippen LogP contribution in [-0.4, -0.2) is 36.0 Å². The highest BCUT2D eigenvalue weighted by molar-refractivity contribution is 5.65. The molecule has 0 amide bonds. The molecule has 0 aromatic heterocycles. The smallest absolute Gasteiger partial charge is 0.302 e. The maximum absolute atomic E-state index is 10.1. The maximum Gasteiger partial charge on any atom is 0.302 e.